The largest absolute Gasteiger partial charge is 0.375 e. The minimum Gasteiger partial charge on any atom is -0.375 e. The number of ether oxygens (including phenoxy) is 1. The van der Waals surface area contributed by atoms with Crippen molar-refractivity contribution in [3.05, 3.63) is 0 Å². The zero-order valence-electron chi connectivity index (χ0n) is 11.6. The van der Waals surface area contributed by atoms with Crippen LogP contribution in [-0.4, -0.2) is 58.0 Å². The maximum atomic E-state index is 11.8. The van der Waals surface area contributed by atoms with Crippen LogP contribution < -0.4 is 15.4 Å². The number of amides is 1. The molecule has 19 heavy (non-hydrogen) atoms. The Bertz CT molecular complexity index is 397. The average Bonchev–Trinajstić information content (AvgIpc) is 2.27. The molecule has 1 amide bonds. The molecular formula is C11H23N3O4S. The molecule has 0 bridgehead atoms. The highest BCUT2D eigenvalue weighted by atomic mass is 32.2. The van der Waals surface area contributed by atoms with Crippen molar-refractivity contribution in [3.8, 4) is 0 Å². The van der Waals surface area contributed by atoms with Crippen molar-refractivity contribution >= 4 is 15.9 Å². The number of rotatable bonds is 6. The molecule has 1 heterocycles. The zero-order valence-corrected chi connectivity index (χ0v) is 12.4. The van der Waals surface area contributed by atoms with Crippen molar-refractivity contribution in [2.75, 3.05) is 25.4 Å². The molecule has 2 atom stereocenters. The Balaban J connectivity index is 2.34. The minimum absolute atomic E-state index is 0.0891. The Hall–Kier alpha value is -0.700. The molecule has 1 saturated heterocycles. The molecule has 0 spiro atoms. The van der Waals surface area contributed by atoms with Gasteiger partial charge in [-0.1, -0.05) is 0 Å². The second-order valence-electron chi connectivity index (χ2n) is 4.89. The highest BCUT2D eigenvalue weighted by Gasteiger charge is 2.28. The third-order valence-electron chi connectivity index (χ3n) is 2.68. The van der Waals surface area contributed by atoms with Gasteiger partial charge in [0.25, 0.3) is 0 Å². The van der Waals surface area contributed by atoms with E-state index >= 15 is 0 Å². The lowest BCUT2D eigenvalue weighted by Gasteiger charge is -2.29. The summed E-state index contributed by atoms with van der Waals surface area (Å²) in [6.07, 6.45) is -0.209. The summed E-state index contributed by atoms with van der Waals surface area (Å²) < 4.78 is 30.9. The fourth-order valence-electron chi connectivity index (χ4n) is 1.86. The van der Waals surface area contributed by atoms with Crippen molar-refractivity contribution in [3.63, 3.8) is 0 Å². The van der Waals surface area contributed by atoms with Gasteiger partial charge in [0, 0.05) is 19.1 Å². The Morgan fingerprint density at radius 2 is 2.16 bits per heavy atom. The Morgan fingerprint density at radius 1 is 1.47 bits per heavy atom. The third-order valence-corrected chi connectivity index (χ3v) is 4.26. The van der Waals surface area contributed by atoms with Crippen molar-refractivity contribution in [2.24, 2.45) is 0 Å². The number of morpholine rings is 1. The first-order valence-corrected chi connectivity index (χ1v) is 8.10. The Morgan fingerprint density at radius 3 is 2.74 bits per heavy atom. The van der Waals surface area contributed by atoms with Crippen LogP contribution in [0.25, 0.3) is 0 Å². The van der Waals surface area contributed by atoms with Gasteiger partial charge >= 0.3 is 0 Å². The second-order valence-corrected chi connectivity index (χ2v) is 6.76. The lowest BCUT2D eigenvalue weighted by atomic mass is 10.1. The van der Waals surface area contributed by atoms with E-state index in [4.69, 9.17) is 4.74 Å². The smallest absolute Gasteiger partial charge is 0.239 e. The highest BCUT2D eigenvalue weighted by Crippen LogP contribution is 2.03. The molecule has 7 nitrogen and oxygen atoms in total. The number of hydrogen-bond acceptors (Lipinski definition) is 5. The number of hydrogen-bond donors (Lipinski definition) is 3. The lowest BCUT2D eigenvalue weighted by molar-refractivity contribution is -0.128. The Kier molecular flexibility index (Phi) is 6.18. The zero-order chi connectivity index (χ0) is 14.5. The number of carbonyl (C=O) groups excluding carboxylic acids is 1. The van der Waals surface area contributed by atoms with Crippen molar-refractivity contribution in [2.45, 2.75) is 39.0 Å². The maximum Gasteiger partial charge on any atom is 0.239 e. The maximum absolute atomic E-state index is 11.8. The van der Waals surface area contributed by atoms with Gasteiger partial charge in [0.2, 0.25) is 15.9 Å². The topological polar surface area (TPSA) is 96.5 Å². The van der Waals surface area contributed by atoms with Crippen LogP contribution in [0.15, 0.2) is 0 Å². The van der Waals surface area contributed by atoms with Gasteiger partial charge < -0.3 is 15.4 Å². The summed E-state index contributed by atoms with van der Waals surface area (Å²) in [5, 5.41) is 5.66. The second kappa shape index (κ2) is 7.18. The minimum atomic E-state index is -3.34. The van der Waals surface area contributed by atoms with Gasteiger partial charge in [-0.25, -0.2) is 13.1 Å². The van der Waals surface area contributed by atoms with Gasteiger partial charge in [0.15, 0.2) is 0 Å². The van der Waals surface area contributed by atoms with E-state index in [1.807, 2.05) is 6.92 Å². The van der Waals surface area contributed by atoms with Crippen molar-refractivity contribution in [1.29, 1.82) is 0 Å². The first-order chi connectivity index (χ1) is 8.82. The molecule has 0 radical (unpaired) electrons. The van der Waals surface area contributed by atoms with E-state index < -0.39 is 16.1 Å². The molecule has 1 aliphatic heterocycles. The highest BCUT2D eigenvalue weighted by molar-refractivity contribution is 7.89. The molecule has 3 N–H and O–H groups in total. The third kappa shape index (κ3) is 5.85. The first kappa shape index (κ1) is 16.4. The first-order valence-electron chi connectivity index (χ1n) is 6.44. The van der Waals surface area contributed by atoms with Crippen LogP contribution in [0.1, 0.15) is 20.8 Å². The molecule has 0 unspecified atom stereocenters. The Labute approximate surface area is 114 Å². The van der Waals surface area contributed by atoms with E-state index in [2.05, 4.69) is 15.4 Å². The van der Waals surface area contributed by atoms with Crippen molar-refractivity contribution in [1.82, 2.24) is 15.4 Å². The summed E-state index contributed by atoms with van der Waals surface area (Å²) in [4.78, 5) is 11.8. The SMILES string of the molecule is CC(C)NS(=O)(=O)CCNC(=O)[C@H]1NCCO[C@@H]1C. The number of carbonyl (C=O) groups is 1. The summed E-state index contributed by atoms with van der Waals surface area (Å²) in [5.74, 6) is -0.356. The summed E-state index contributed by atoms with van der Waals surface area (Å²) in [5.41, 5.74) is 0. The molecule has 0 aromatic heterocycles. The number of sulfonamides is 1. The van der Waals surface area contributed by atoms with Crippen LogP contribution in [0.5, 0.6) is 0 Å². The molecular weight excluding hydrogens is 270 g/mol. The van der Waals surface area contributed by atoms with E-state index in [9.17, 15) is 13.2 Å². The van der Waals surface area contributed by atoms with Gasteiger partial charge in [-0.3, -0.25) is 4.79 Å². The lowest BCUT2D eigenvalue weighted by Crippen LogP contribution is -2.56. The molecule has 0 aliphatic carbocycles. The summed E-state index contributed by atoms with van der Waals surface area (Å²) >= 11 is 0. The normalized spacial score (nSPS) is 24.4. The molecule has 1 rings (SSSR count). The van der Waals surface area contributed by atoms with Crippen molar-refractivity contribution < 1.29 is 17.9 Å². The molecule has 112 valence electrons. The number of nitrogens with one attached hydrogen (secondary N) is 3. The van der Waals surface area contributed by atoms with E-state index in [0.717, 1.165) is 0 Å². The summed E-state index contributed by atoms with van der Waals surface area (Å²) in [6, 6.07) is -0.566. The van der Waals surface area contributed by atoms with Gasteiger partial charge in [-0.05, 0) is 20.8 Å². The molecule has 8 heteroatoms. The van der Waals surface area contributed by atoms with Crippen LogP contribution in [-0.2, 0) is 19.6 Å². The van der Waals surface area contributed by atoms with Crippen LogP contribution in [0.2, 0.25) is 0 Å². The summed E-state index contributed by atoms with van der Waals surface area (Å²) in [7, 11) is -3.34. The van der Waals surface area contributed by atoms with E-state index in [1.54, 1.807) is 13.8 Å². The average molecular weight is 293 g/mol. The van der Waals surface area contributed by atoms with Gasteiger partial charge in [-0.2, -0.15) is 0 Å². The predicted octanol–water partition coefficient (Wildman–Crippen LogP) is -1.19. The fourth-order valence-corrected chi connectivity index (χ4v) is 3.07. The molecule has 0 saturated carbocycles. The monoisotopic (exact) mass is 293 g/mol. The molecule has 0 aromatic carbocycles. The molecule has 1 fully saturated rings. The van der Waals surface area contributed by atoms with Crippen LogP contribution in [0, 0.1) is 0 Å². The quantitative estimate of drug-likeness (QED) is 0.572. The van der Waals surface area contributed by atoms with Gasteiger partial charge in [0.05, 0.1) is 18.5 Å². The van der Waals surface area contributed by atoms with E-state index in [0.29, 0.717) is 13.2 Å². The van der Waals surface area contributed by atoms with E-state index in [1.165, 1.54) is 0 Å². The summed E-state index contributed by atoms with van der Waals surface area (Å²) in [6.45, 7) is 6.61. The molecule has 1 aliphatic rings. The van der Waals surface area contributed by atoms with Crippen LogP contribution >= 0.6 is 0 Å². The van der Waals surface area contributed by atoms with Crippen LogP contribution in [0.4, 0.5) is 0 Å². The van der Waals surface area contributed by atoms with E-state index in [-0.39, 0.29) is 30.4 Å². The fraction of sp³-hybridized carbons (Fsp3) is 0.909. The predicted molar refractivity (Wildman–Crippen MR) is 72.3 cm³/mol. The molecule has 0 aromatic rings. The standard InChI is InChI=1S/C11H23N3O4S/c1-8(2)14-19(16,17)7-5-13-11(15)10-9(3)18-6-4-12-10/h8-10,12,14H,4-7H2,1-3H3,(H,13,15)/t9-,10+/m1/s1. The van der Waals surface area contributed by atoms with Crippen LogP contribution in [0.3, 0.4) is 0 Å². The van der Waals surface area contributed by atoms with Gasteiger partial charge in [0.1, 0.15) is 6.04 Å². The van der Waals surface area contributed by atoms with Gasteiger partial charge in [-0.15, -0.1) is 0 Å².